The Bertz CT molecular complexity index is 625. The van der Waals surface area contributed by atoms with Gasteiger partial charge < -0.3 is 19.7 Å². The molecule has 26 heavy (non-hydrogen) atoms. The molecule has 1 saturated heterocycles. The van der Waals surface area contributed by atoms with Crippen LogP contribution in [-0.2, 0) is 16.1 Å². The van der Waals surface area contributed by atoms with E-state index >= 15 is 0 Å². The van der Waals surface area contributed by atoms with E-state index in [2.05, 4.69) is 15.0 Å². The van der Waals surface area contributed by atoms with E-state index in [1.165, 1.54) is 6.07 Å². The number of ether oxygens (including phenoxy) is 2. The first-order valence-corrected chi connectivity index (χ1v) is 8.70. The second kappa shape index (κ2) is 9.94. The van der Waals surface area contributed by atoms with Crippen LogP contribution in [0.3, 0.4) is 0 Å². The van der Waals surface area contributed by atoms with Gasteiger partial charge in [-0.25, -0.2) is 0 Å². The van der Waals surface area contributed by atoms with Crippen LogP contribution < -0.4 is 10.1 Å². The van der Waals surface area contributed by atoms with Crippen LogP contribution in [0.2, 0.25) is 0 Å². The minimum atomic E-state index is -2.87. The molecule has 0 aliphatic carbocycles. The summed E-state index contributed by atoms with van der Waals surface area (Å²) in [5.74, 6) is 0.374. The van der Waals surface area contributed by atoms with Crippen LogP contribution >= 0.6 is 0 Å². The minimum Gasteiger partial charge on any atom is -0.466 e. The van der Waals surface area contributed by atoms with E-state index in [1.807, 2.05) is 4.90 Å². The average Bonchev–Trinajstić information content (AvgIpc) is 2.63. The largest absolute Gasteiger partial charge is 0.466 e. The molecule has 2 rings (SSSR count). The number of rotatable bonds is 6. The molecule has 1 unspecified atom stereocenters. The van der Waals surface area contributed by atoms with Gasteiger partial charge in [0, 0.05) is 32.2 Å². The number of piperidine rings is 1. The van der Waals surface area contributed by atoms with Crippen molar-refractivity contribution in [2.75, 3.05) is 26.7 Å². The second-order valence-corrected chi connectivity index (χ2v) is 5.92. The zero-order valence-electron chi connectivity index (χ0n) is 15.1. The highest BCUT2D eigenvalue weighted by Gasteiger charge is 2.28. The van der Waals surface area contributed by atoms with Gasteiger partial charge in [0.1, 0.15) is 5.75 Å². The van der Waals surface area contributed by atoms with Crippen molar-refractivity contribution in [1.29, 1.82) is 0 Å². The lowest BCUT2D eigenvalue weighted by molar-refractivity contribution is -0.149. The molecule has 1 aliphatic heterocycles. The van der Waals surface area contributed by atoms with E-state index in [0.29, 0.717) is 24.7 Å². The van der Waals surface area contributed by atoms with Gasteiger partial charge in [-0.2, -0.15) is 8.78 Å². The summed E-state index contributed by atoms with van der Waals surface area (Å²) in [6, 6.07) is 6.62. The van der Waals surface area contributed by atoms with Crippen molar-refractivity contribution in [1.82, 2.24) is 10.2 Å². The van der Waals surface area contributed by atoms with Gasteiger partial charge in [-0.3, -0.25) is 9.79 Å². The van der Waals surface area contributed by atoms with E-state index in [-0.39, 0.29) is 24.2 Å². The third-order valence-electron chi connectivity index (χ3n) is 4.18. The molecule has 1 heterocycles. The molecule has 144 valence electrons. The maximum atomic E-state index is 12.5. The van der Waals surface area contributed by atoms with Crippen LogP contribution in [0.4, 0.5) is 8.78 Å². The highest BCUT2D eigenvalue weighted by atomic mass is 19.3. The maximum Gasteiger partial charge on any atom is 0.387 e. The van der Waals surface area contributed by atoms with Crippen LogP contribution in [0.25, 0.3) is 0 Å². The van der Waals surface area contributed by atoms with E-state index in [0.717, 1.165) is 19.4 Å². The van der Waals surface area contributed by atoms with Gasteiger partial charge in [-0.15, -0.1) is 0 Å². The summed E-state index contributed by atoms with van der Waals surface area (Å²) in [6.07, 6.45) is 1.65. The molecule has 0 radical (unpaired) electrons. The van der Waals surface area contributed by atoms with Crippen molar-refractivity contribution in [3.8, 4) is 5.75 Å². The van der Waals surface area contributed by atoms with Crippen molar-refractivity contribution in [3.63, 3.8) is 0 Å². The number of halogens is 2. The summed E-state index contributed by atoms with van der Waals surface area (Å²) in [6.45, 7) is 0.860. The summed E-state index contributed by atoms with van der Waals surface area (Å²) in [5, 5.41) is 3.16. The molecule has 0 aromatic heterocycles. The Morgan fingerprint density at radius 3 is 2.88 bits per heavy atom. The summed E-state index contributed by atoms with van der Waals surface area (Å²) >= 11 is 0. The first-order valence-electron chi connectivity index (χ1n) is 8.70. The lowest BCUT2D eigenvalue weighted by Crippen LogP contribution is -2.48. The summed E-state index contributed by atoms with van der Waals surface area (Å²) < 4.78 is 34.7. The number of carbonyl (C=O) groups is 1. The van der Waals surface area contributed by atoms with Gasteiger partial charge in [0.2, 0.25) is 0 Å². The van der Waals surface area contributed by atoms with Crippen LogP contribution in [0, 0.1) is 5.92 Å². The average molecular weight is 369 g/mol. The molecule has 0 amide bonds. The Balaban J connectivity index is 1.98. The maximum absolute atomic E-state index is 12.5. The number of nitrogens with zero attached hydrogens (tertiary/aromatic N) is 2. The summed E-state index contributed by atoms with van der Waals surface area (Å²) in [5.41, 5.74) is 0.605. The van der Waals surface area contributed by atoms with Crippen molar-refractivity contribution >= 4 is 11.9 Å². The highest BCUT2D eigenvalue weighted by Crippen LogP contribution is 2.21. The Hall–Kier alpha value is -2.38. The predicted molar refractivity (Wildman–Crippen MR) is 94.2 cm³/mol. The predicted octanol–water partition coefficient (Wildman–Crippen LogP) is 2.64. The van der Waals surface area contributed by atoms with E-state index in [9.17, 15) is 13.6 Å². The smallest absolute Gasteiger partial charge is 0.387 e. The number of hydrogen-bond acceptors (Lipinski definition) is 4. The van der Waals surface area contributed by atoms with Crippen molar-refractivity contribution in [2.45, 2.75) is 32.9 Å². The lowest BCUT2D eigenvalue weighted by Gasteiger charge is -2.34. The number of esters is 1. The van der Waals surface area contributed by atoms with Crippen LogP contribution in [0.5, 0.6) is 5.75 Å². The standard InChI is InChI=1S/C18H25F2N3O3/c1-3-25-16(24)14-8-6-10-23(12-14)18(21-2)22-11-13-7-4-5-9-15(13)26-17(19)20/h4-5,7,9,14,17H,3,6,8,10-12H2,1-2H3,(H,21,22). The molecule has 1 fully saturated rings. The normalized spacial score (nSPS) is 18.0. The van der Waals surface area contributed by atoms with Crippen molar-refractivity contribution < 1.29 is 23.0 Å². The van der Waals surface area contributed by atoms with Gasteiger partial charge in [-0.05, 0) is 25.8 Å². The first-order chi connectivity index (χ1) is 12.5. The number of benzene rings is 1. The molecular formula is C18H25F2N3O3. The SMILES string of the molecule is CCOC(=O)C1CCCN(C(=NC)NCc2ccccc2OC(F)F)C1. The van der Waals surface area contributed by atoms with E-state index in [4.69, 9.17) is 4.74 Å². The molecule has 6 nitrogen and oxygen atoms in total. The number of para-hydroxylation sites is 1. The molecule has 8 heteroatoms. The minimum absolute atomic E-state index is 0.133. The highest BCUT2D eigenvalue weighted by molar-refractivity contribution is 5.81. The summed E-state index contributed by atoms with van der Waals surface area (Å²) in [7, 11) is 1.65. The molecule has 0 bridgehead atoms. The zero-order chi connectivity index (χ0) is 18.9. The first kappa shape index (κ1) is 19.9. The Morgan fingerprint density at radius 1 is 1.42 bits per heavy atom. The molecule has 0 saturated carbocycles. The number of guanidine groups is 1. The van der Waals surface area contributed by atoms with Gasteiger partial charge in [0.05, 0.1) is 12.5 Å². The molecule has 1 aliphatic rings. The van der Waals surface area contributed by atoms with Crippen molar-refractivity contribution in [3.05, 3.63) is 29.8 Å². The van der Waals surface area contributed by atoms with Gasteiger partial charge in [0.15, 0.2) is 5.96 Å². The zero-order valence-corrected chi connectivity index (χ0v) is 15.1. The monoisotopic (exact) mass is 369 g/mol. The number of nitrogens with one attached hydrogen (secondary N) is 1. The van der Waals surface area contributed by atoms with Crippen LogP contribution in [0.1, 0.15) is 25.3 Å². The fourth-order valence-electron chi connectivity index (χ4n) is 2.99. The third kappa shape index (κ3) is 5.57. The number of carbonyl (C=O) groups excluding carboxylic acids is 1. The molecule has 1 aromatic rings. The second-order valence-electron chi connectivity index (χ2n) is 5.92. The van der Waals surface area contributed by atoms with Crippen molar-refractivity contribution in [2.24, 2.45) is 10.9 Å². The molecule has 1 N–H and O–H groups in total. The van der Waals surface area contributed by atoms with E-state index in [1.54, 1.807) is 32.2 Å². The Labute approximate surface area is 152 Å². The fraction of sp³-hybridized carbons (Fsp3) is 0.556. The number of alkyl halides is 2. The Morgan fingerprint density at radius 2 is 2.19 bits per heavy atom. The van der Waals surface area contributed by atoms with Crippen LogP contribution in [0.15, 0.2) is 29.3 Å². The van der Waals surface area contributed by atoms with Gasteiger partial charge in [0.25, 0.3) is 0 Å². The number of hydrogen-bond donors (Lipinski definition) is 1. The molecule has 1 aromatic carbocycles. The van der Waals surface area contributed by atoms with Gasteiger partial charge in [-0.1, -0.05) is 18.2 Å². The number of aliphatic imine (C=N–C) groups is 1. The molecule has 1 atom stereocenters. The van der Waals surface area contributed by atoms with E-state index < -0.39 is 6.61 Å². The topological polar surface area (TPSA) is 63.2 Å². The van der Waals surface area contributed by atoms with Gasteiger partial charge >= 0.3 is 12.6 Å². The molecular weight excluding hydrogens is 344 g/mol. The van der Waals surface area contributed by atoms with Crippen LogP contribution in [-0.4, -0.2) is 50.2 Å². The molecule has 0 spiro atoms. The Kier molecular flexibility index (Phi) is 7.62. The number of likely N-dealkylation sites (tertiary alicyclic amines) is 1. The lowest BCUT2D eigenvalue weighted by atomic mass is 9.98. The summed E-state index contributed by atoms with van der Waals surface area (Å²) in [4.78, 5) is 18.2. The quantitative estimate of drug-likeness (QED) is 0.475. The third-order valence-corrected chi connectivity index (χ3v) is 4.18. The fourth-order valence-corrected chi connectivity index (χ4v) is 2.99.